The maximum Gasteiger partial charge on any atom is 0.101 e. The first-order valence-electron chi connectivity index (χ1n) is 25.3. The summed E-state index contributed by atoms with van der Waals surface area (Å²) in [5.41, 5.74) is 18.3. The van der Waals surface area contributed by atoms with Crippen LogP contribution in [0.1, 0.15) is 63.8 Å². The van der Waals surface area contributed by atoms with Gasteiger partial charge >= 0.3 is 0 Å². The van der Waals surface area contributed by atoms with Gasteiger partial charge in [-0.3, -0.25) is 0 Å². The topological polar surface area (TPSA) is 70.3 Å². The van der Waals surface area contributed by atoms with Crippen LogP contribution in [0.15, 0.2) is 212 Å². The molecule has 74 heavy (non-hydrogen) atoms. The standard InChI is InChI=1S/C69H53N5/c1-68(2,3)49-35-37-61-55(40-49)51-25-13-17-29-57(51)73(61)59-31-19-15-27-53(59)64-63(46-33-34-47(42-70)48(39-46)43-71)65(67(45-23-11-8-12-24-45)72-66(64)44-21-9-7-10-22-44)54-28-16-20-32-60(54)74-58-30-18-14-26-52(58)56-41-50(69(4,5)6)36-38-62(56)74/h7-41H,1-6H3. The van der Waals surface area contributed by atoms with E-state index in [9.17, 15) is 10.5 Å². The number of benzene rings is 9. The lowest BCUT2D eigenvalue weighted by molar-refractivity contribution is 0.591. The van der Waals surface area contributed by atoms with Crippen LogP contribution in [0.25, 0.3) is 111 Å². The van der Waals surface area contributed by atoms with E-state index in [1.165, 1.54) is 32.7 Å². The van der Waals surface area contributed by atoms with Gasteiger partial charge in [0.1, 0.15) is 12.1 Å². The first kappa shape index (κ1) is 45.8. The third kappa shape index (κ3) is 7.56. The van der Waals surface area contributed by atoms with Crippen LogP contribution in [0.5, 0.6) is 0 Å². The fourth-order valence-corrected chi connectivity index (χ4v) is 11.1. The quantitative estimate of drug-likeness (QED) is 0.160. The minimum atomic E-state index is -0.0500. The van der Waals surface area contributed by atoms with E-state index >= 15 is 0 Å². The highest BCUT2D eigenvalue weighted by atomic mass is 15.0. The Kier molecular flexibility index (Phi) is 11.0. The molecular formula is C69H53N5. The average Bonchev–Trinajstić information content (AvgIpc) is 3.95. The Bertz CT molecular complexity index is 4040. The molecule has 0 unspecified atom stereocenters. The number of pyridine rings is 1. The van der Waals surface area contributed by atoms with Gasteiger partial charge in [0, 0.05) is 60.5 Å². The normalized spacial score (nSPS) is 11.9. The Morgan fingerprint density at radius 3 is 1.20 bits per heavy atom. The molecule has 3 heterocycles. The van der Waals surface area contributed by atoms with Crippen molar-refractivity contribution in [1.29, 1.82) is 10.5 Å². The Hall–Kier alpha value is -9.29. The minimum Gasteiger partial charge on any atom is -0.309 e. The SMILES string of the molecule is CC(C)(C)c1ccc2c(c1)c1ccccc1n2-c1ccccc1-c1c(-c2ccccc2)nc(-c2ccccc2)c(-c2ccccc2-n2c3ccccc3c3cc(C(C)(C)C)ccc32)c1-c1ccc(C#N)c(C#N)c1. The van der Waals surface area contributed by atoms with Gasteiger partial charge in [-0.1, -0.05) is 193 Å². The number of fused-ring (bicyclic) bond motifs is 6. The van der Waals surface area contributed by atoms with Gasteiger partial charge in [-0.05, 0) is 88.2 Å². The summed E-state index contributed by atoms with van der Waals surface area (Å²) < 4.78 is 4.82. The van der Waals surface area contributed by atoms with Crippen molar-refractivity contribution in [3.63, 3.8) is 0 Å². The maximum absolute atomic E-state index is 10.8. The van der Waals surface area contributed by atoms with Gasteiger partial charge in [-0.2, -0.15) is 10.5 Å². The van der Waals surface area contributed by atoms with Crippen LogP contribution in [0, 0.1) is 22.7 Å². The van der Waals surface area contributed by atoms with Crippen molar-refractivity contribution in [2.75, 3.05) is 0 Å². The molecule has 12 aromatic rings. The number of para-hydroxylation sites is 4. The number of hydrogen-bond donors (Lipinski definition) is 0. The molecule has 0 bridgehead atoms. The molecule has 0 aliphatic heterocycles. The van der Waals surface area contributed by atoms with Crippen molar-refractivity contribution in [1.82, 2.24) is 14.1 Å². The summed E-state index contributed by atoms with van der Waals surface area (Å²) in [6, 6.07) is 79.9. The van der Waals surface area contributed by atoms with E-state index in [0.717, 1.165) is 89.3 Å². The summed E-state index contributed by atoms with van der Waals surface area (Å²) in [7, 11) is 0. The molecule has 0 fully saturated rings. The molecule has 12 rings (SSSR count). The fourth-order valence-electron chi connectivity index (χ4n) is 11.1. The second-order valence-corrected chi connectivity index (χ2v) is 21.4. The number of aromatic nitrogens is 3. The summed E-state index contributed by atoms with van der Waals surface area (Å²) >= 11 is 0. The van der Waals surface area contributed by atoms with Gasteiger partial charge in [0.25, 0.3) is 0 Å². The zero-order chi connectivity index (χ0) is 50.9. The Labute approximate surface area is 432 Å². The molecular weight excluding hydrogens is 899 g/mol. The van der Waals surface area contributed by atoms with Crippen molar-refractivity contribution in [3.05, 3.63) is 235 Å². The van der Waals surface area contributed by atoms with Crippen molar-refractivity contribution in [3.8, 4) is 79.4 Å². The molecule has 0 saturated heterocycles. The molecule has 0 radical (unpaired) electrons. The lowest BCUT2D eigenvalue weighted by Crippen LogP contribution is -2.10. The third-order valence-corrected chi connectivity index (χ3v) is 14.7. The lowest BCUT2D eigenvalue weighted by Gasteiger charge is -2.26. The predicted molar refractivity (Wildman–Crippen MR) is 307 cm³/mol. The van der Waals surface area contributed by atoms with Crippen LogP contribution in [0.3, 0.4) is 0 Å². The van der Waals surface area contributed by atoms with Gasteiger partial charge < -0.3 is 9.13 Å². The van der Waals surface area contributed by atoms with Crippen LogP contribution >= 0.6 is 0 Å². The highest BCUT2D eigenvalue weighted by Gasteiger charge is 2.30. The molecule has 3 aromatic heterocycles. The highest BCUT2D eigenvalue weighted by Crippen LogP contribution is 2.52. The van der Waals surface area contributed by atoms with E-state index in [1.807, 2.05) is 24.3 Å². The summed E-state index contributed by atoms with van der Waals surface area (Å²) in [6.45, 7) is 13.6. The summed E-state index contributed by atoms with van der Waals surface area (Å²) in [6.07, 6.45) is 0. The Morgan fingerprint density at radius 2 is 0.757 bits per heavy atom. The smallest absolute Gasteiger partial charge is 0.101 e. The summed E-state index contributed by atoms with van der Waals surface area (Å²) in [5.74, 6) is 0. The van der Waals surface area contributed by atoms with Gasteiger partial charge in [0.2, 0.25) is 0 Å². The number of nitriles is 2. The van der Waals surface area contributed by atoms with Crippen LogP contribution in [-0.4, -0.2) is 14.1 Å². The number of hydrogen-bond acceptors (Lipinski definition) is 3. The molecule has 0 N–H and O–H groups in total. The molecule has 5 heteroatoms. The molecule has 0 amide bonds. The van der Waals surface area contributed by atoms with E-state index in [2.05, 4.69) is 245 Å². The van der Waals surface area contributed by atoms with E-state index in [1.54, 1.807) is 6.07 Å². The Morgan fingerprint density at radius 1 is 0.351 bits per heavy atom. The summed E-state index contributed by atoms with van der Waals surface area (Å²) in [4.78, 5) is 5.96. The zero-order valence-electron chi connectivity index (χ0n) is 42.4. The van der Waals surface area contributed by atoms with E-state index in [4.69, 9.17) is 4.98 Å². The zero-order valence-corrected chi connectivity index (χ0v) is 42.4. The number of nitrogens with zero attached hydrogens (tertiary/aromatic N) is 5. The second-order valence-electron chi connectivity index (χ2n) is 21.4. The molecule has 0 aliphatic carbocycles. The number of rotatable bonds is 7. The molecule has 5 nitrogen and oxygen atoms in total. The van der Waals surface area contributed by atoms with Crippen molar-refractivity contribution in [2.45, 2.75) is 52.4 Å². The third-order valence-electron chi connectivity index (χ3n) is 14.7. The van der Waals surface area contributed by atoms with E-state index in [-0.39, 0.29) is 10.8 Å². The van der Waals surface area contributed by atoms with Crippen LogP contribution in [0.2, 0.25) is 0 Å². The lowest BCUT2D eigenvalue weighted by atomic mass is 9.82. The van der Waals surface area contributed by atoms with E-state index in [0.29, 0.717) is 11.1 Å². The second kappa shape index (κ2) is 17.8. The minimum absolute atomic E-state index is 0.0500. The largest absolute Gasteiger partial charge is 0.309 e. The highest BCUT2D eigenvalue weighted by molar-refractivity contribution is 6.14. The van der Waals surface area contributed by atoms with Gasteiger partial charge in [-0.25, -0.2) is 4.98 Å². The average molecular weight is 952 g/mol. The molecule has 0 spiro atoms. The van der Waals surface area contributed by atoms with Gasteiger partial charge in [0.15, 0.2) is 0 Å². The van der Waals surface area contributed by atoms with Crippen molar-refractivity contribution < 1.29 is 0 Å². The Balaban J connectivity index is 1.29. The predicted octanol–water partition coefficient (Wildman–Crippen LogP) is 17.9. The van der Waals surface area contributed by atoms with Gasteiger partial charge in [0.05, 0.1) is 56.0 Å². The molecule has 9 aromatic carbocycles. The van der Waals surface area contributed by atoms with Gasteiger partial charge in [-0.15, -0.1) is 0 Å². The van der Waals surface area contributed by atoms with Crippen LogP contribution in [0.4, 0.5) is 0 Å². The van der Waals surface area contributed by atoms with Crippen LogP contribution < -0.4 is 0 Å². The van der Waals surface area contributed by atoms with E-state index < -0.39 is 0 Å². The summed E-state index contributed by atoms with van der Waals surface area (Å²) in [5, 5.41) is 25.9. The van der Waals surface area contributed by atoms with Crippen molar-refractivity contribution >= 4 is 43.6 Å². The molecule has 0 atom stereocenters. The molecule has 354 valence electrons. The monoisotopic (exact) mass is 951 g/mol. The molecule has 0 aliphatic rings. The first-order chi connectivity index (χ1) is 35.9. The first-order valence-corrected chi connectivity index (χ1v) is 25.3. The van der Waals surface area contributed by atoms with Crippen molar-refractivity contribution in [2.24, 2.45) is 0 Å². The molecule has 0 saturated carbocycles. The van der Waals surface area contributed by atoms with Crippen LogP contribution in [-0.2, 0) is 10.8 Å². The fraction of sp³-hybridized carbons (Fsp3) is 0.116. The maximum atomic E-state index is 10.8.